The van der Waals surface area contributed by atoms with E-state index in [0.29, 0.717) is 43.5 Å². The van der Waals surface area contributed by atoms with Gasteiger partial charge in [0.25, 0.3) is 0 Å². The van der Waals surface area contributed by atoms with Crippen molar-refractivity contribution in [3.05, 3.63) is 65.4 Å². The molecule has 4 amide bonds. The molecule has 7 nitrogen and oxygen atoms in total. The van der Waals surface area contributed by atoms with Gasteiger partial charge in [-0.1, -0.05) is 44.2 Å². The highest BCUT2D eigenvalue weighted by molar-refractivity contribution is 5.96. The molecule has 0 radical (unpaired) electrons. The fourth-order valence-corrected chi connectivity index (χ4v) is 5.12. The minimum Gasteiger partial charge on any atom is -0.341 e. The zero-order valence-electron chi connectivity index (χ0n) is 20.2. The van der Waals surface area contributed by atoms with Crippen LogP contribution in [0.2, 0.25) is 0 Å². The lowest BCUT2D eigenvalue weighted by Gasteiger charge is -2.37. The number of aryl methyl sites for hydroxylation is 1. The van der Waals surface area contributed by atoms with Gasteiger partial charge in [-0.05, 0) is 67.4 Å². The smallest absolute Gasteiger partial charge is 0.319 e. The van der Waals surface area contributed by atoms with E-state index < -0.39 is 12.1 Å². The maximum Gasteiger partial charge on any atom is 0.319 e. The molecule has 4 rings (SSSR count). The summed E-state index contributed by atoms with van der Waals surface area (Å²) in [4.78, 5) is 43.0. The molecule has 2 N–H and O–H groups in total. The fraction of sp³-hybridized carbons (Fsp3) is 0.444. The van der Waals surface area contributed by atoms with Crippen LogP contribution in [0.1, 0.15) is 38.7 Å². The summed E-state index contributed by atoms with van der Waals surface area (Å²) in [7, 11) is 0. The van der Waals surface area contributed by atoms with Crippen molar-refractivity contribution in [2.45, 2.75) is 46.1 Å². The number of rotatable bonds is 4. The molecule has 0 saturated carbocycles. The van der Waals surface area contributed by atoms with Gasteiger partial charge in [0.15, 0.2) is 0 Å². The van der Waals surface area contributed by atoms with E-state index in [0.717, 1.165) is 23.3 Å². The zero-order chi connectivity index (χ0) is 24.2. The summed E-state index contributed by atoms with van der Waals surface area (Å²) in [5.41, 5.74) is 3.45. The topological polar surface area (TPSA) is 81.8 Å². The monoisotopic (exact) mass is 462 g/mol. The summed E-state index contributed by atoms with van der Waals surface area (Å²) in [5, 5.41) is 5.63. The third-order valence-electron chi connectivity index (χ3n) is 6.61. The maximum absolute atomic E-state index is 13.6. The van der Waals surface area contributed by atoms with Gasteiger partial charge in [0.05, 0.1) is 0 Å². The van der Waals surface area contributed by atoms with Crippen LogP contribution in [-0.2, 0) is 9.59 Å². The minimum atomic E-state index is -0.754. The number of fused-ring (bicyclic) bond motifs is 1. The van der Waals surface area contributed by atoms with Gasteiger partial charge in [-0.15, -0.1) is 0 Å². The van der Waals surface area contributed by atoms with Gasteiger partial charge in [0.2, 0.25) is 11.8 Å². The first-order valence-electron chi connectivity index (χ1n) is 12.1. The minimum absolute atomic E-state index is 0.0209. The lowest BCUT2D eigenvalue weighted by molar-refractivity contribution is -0.141. The van der Waals surface area contributed by atoms with Crippen molar-refractivity contribution in [2.75, 3.05) is 25.0 Å². The van der Waals surface area contributed by atoms with E-state index in [-0.39, 0.29) is 18.4 Å². The van der Waals surface area contributed by atoms with Crippen molar-refractivity contribution in [3.8, 4) is 0 Å². The highest BCUT2D eigenvalue weighted by Gasteiger charge is 2.35. The number of hydrogen-bond acceptors (Lipinski definition) is 3. The summed E-state index contributed by atoms with van der Waals surface area (Å²) < 4.78 is 0. The highest BCUT2D eigenvalue weighted by Crippen LogP contribution is 2.29. The number of carbonyl (C=O) groups excluding carboxylic acids is 3. The summed E-state index contributed by atoms with van der Waals surface area (Å²) in [6.45, 7) is 7.68. The van der Waals surface area contributed by atoms with E-state index in [1.54, 1.807) is 11.0 Å². The molecular formula is C27H34N4O3. The van der Waals surface area contributed by atoms with E-state index in [1.165, 1.54) is 0 Å². The molecule has 1 aromatic rings. The first kappa shape index (κ1) is 23.8. The SMILES string of the molecule is Cc1cccc(NC(=O)N[C@@H]2CC=C3CC=CC=C3N(CC(=O)N3CC(C)C[C@@H](C)C3)C2=O)c1. The average molecular weight is 463 g/mol. The van der Waals surface area contributed by atoms with Gasteiger partial charge >= 0.3 is 6.03 Å². The lowest BCUT2D eigenvalue weighted by Crippen LogP contribution is -2.52. The van der Waals surface area contributed by atoms with Gasteiger partial charge in [-0.25, -0.2) is 4.79 Å². The molecule has 7 heteroatoms. The normalized spacial score (nSPS) is 24.6. The molecule has 3 aliphatic rings. The molecule has 1 aromatic carbocycles. The predicted molar refractivity (Wildman–Crippen MR) is 133 cm³/mol. The van der Waals surface area contributed by atoms with Crippen molar-refractivity contribution in [1.29, 1.82) is 0 Å². The molecule has 180 valence electrons. The van der Waals surface area contributed by atoms with Crippen LogP contribution in [0.5, 0.6) is 0 Å². The van der Waals surface area contributed by atoms with Crippen LogP contribution in [0.3, 0.4) is 0 Å². The first-order valence-corrected chi connectivity index (χ1v) is 12.1. The van der Waals surface area contributed by atoms with Gasteiger partial charge in [0.1, 0.15) is 12.6 Å². The summed E-state index contributed by atoms with van der Waals surface area (Å²) >= 11 is 0. The summed E-state index contributed by atoms with van der Waals surface area (Å²) in [5.74, 6) is 0.573. The molecule has 1 unspecified atom stereocenters. The Morgan fingerprint density at radius 1 is 1.15 bits per heavy atom. The molecule has 0 aromatic heterocycles. The Hall–Kier alpha value is -3.35. The highest BCUT2D eigenvalue weighted by atomic mass is 16.2. The van der Waals surface area contributed by atoms with Crippen LogP contribution in [0.4, 0.5) is 10.5 Å². The van der Waals surface area contributed by atoms with E-state index in [1.807, 2.05) is 54.3 Å². The third kappa shape index (κ3) is 5.58. The van der Waals surface area contributed by atoms with Crippen molar-refractivity contribution < 1.29 is 14.4 Å². The number of amides is 4. The number of allylic oxidation sites excluding steroid dienone is 4. The van der Waals surface area contributed by atoms with Crippen LogP contribution in [0.25, 0.3) is 0 Å². The van der Waals surface area contributed by atoms with Crippen LogP contribution in [0, 0.1) is 18.8 Å². The zero-order valence-corrected chi connectivity index (χ0v) is 20.2. The number of nitrogens with zero attached hydrogens (tertiary/aromatic N) is 2. The molecule has 1 aliphatic carbocycles. The Labute approximate surface area is 201 Å². The van der Waals surface area contributed by atoms with Crippen LogP contribution >= 0.6 is 0 Å². The van der Waals surface area contributed by atoms with E-state index in [2.05, 4.69) is 24.5 Å². The van der Waals surface area contributed by atoms with Gasteiger partial charge in [-0.3, -0.25) is 9.59 Å². The number of piperidine rings is 1. The molecule has 0 bridgehead atoms. The lowest BCUT2D eigenvalue weighted by atomic mass is 9.92. The van der Waals surface area contributed by atoms with Crippen LogP contribution < -0.4 is 10.6 Å². The molecular weight excluding hydrogens is 428 g/mol. The van der Waals surface area contributed by atoms with E-state index in [4.69, 9.17) is 0 Å². The molecule has 1 fully saturated rings. The van der Waals surface area contributed by atoms with Gasteiger partial charge in [-0.2, -0.15) is 0 Å². The fourth-order valence-electron chi connectivity index (χ4n) is 5.12. The standard InChI is InChI=1S/C27H34N4O3/c1-18-7-6-9-22(14-18)28-27(34)29-23-12-11-21-8-4-5-10-24(21)31(26(23)33)17-25(32)30-15-19(2)13-20(3)16-30/h4-7,9-11,14,19-20,23H,8,12-13,15-17H2,1-3H3,(H2,28,29,34)/t19-,20?,23-/m1/s1. The quantitative estimate of drug-likeness (QED) is 0.710. The van der Waals surface area contributed by atoms with Crippen molar-refractivity contribution >= 4 is 23.5 Å². The number of nitrogens with one attached hydrogen (secondary N) is 2. The largest absolute Gasteiger partial charge is 0.341 e. The summed E-state index contributed by atoms with van der Waals surface area (Å²) in [6, 6.07) is 6.30. The Morgan fingerprint density at radius 2 is 1.91 bits per heavy atom. The van der Waals surface area contributed by atoms with E-state index >= 15 is 0 Å². The van der Waals surface area contributed by atoms with Crippen LogP contribution in [0.15, 0.2) is 59.8 Å². The number of urea groups is 1. The Bertz CT molecular complexity index is 1050. The Balaban J connectivity index is 1.50. The molecule has 2 aliphatic heterocycles. The average Bonchev–Trinajstić information content (AvgIpc) is 2.91. The number of carbonyl (C=O) groups is 3. The van der Waals surface area contributed by atoms with Crippen molar-refractivity contribution in [1.82, 2.24) is 15.1 Å². The number of hydrogen-bond donors (Lipinski definition) is 2. The number of anilines is 1. The third-order valence-corrected chi connectivity index (χ3v) is 6.61. The Morgan fingerprint density at radius 3 is 2.65 bits per heavy atom. The van der Waals surface area contributed by atoms with Gasteiger partial charge in [0, 0.05) is 24.5 Å². The van der Waals surface area contributed by atoms with Crippen molar-refractivity contribution in [2.24, 2.45) is 11.8 Å². The molecule has 3 atom stereocenters. The van der Waals surface area contributed by atoms with Crippen molar-refractivity contribution in [3.63, 3.8) is 0 Å². The Kier molecular flexibility index (Phi) is 7.20. The second-order valence-electron chi connectivity index (χ2n) is 9.84. The second kappa shape index (κ2) is 10.3. The number of likely N-dealkylation sites (tertiary alicyclic amines) is 1. The number of benzene rings is 1. The van der Waals surface area contributed by atoms with Crippen LogP contribution in [-0.4, -0.2) is 53.3 Å². The predicted octanol–water partition coefficient (Wildman–Crippen LogP) is 3.99. The molecule has 1 saturated heterocycles. The maximum atomic E-state index is 13.6. The molecule has 2 heterocycles. The van der Waals surface area contributed by atoms with E-state index in [9.17, 15) is 14.4 Å². The second-order valence-corrected chi connectivity index (χ2v) is 9.84. The van der Waals surface area contributed by atoms with Gasteiger partial charge < -0.3 is 20.4 Å². The first-order chi connectivity index (χ1) is 16.3. The molecule has 34 heavy (non-hydrogen) atoms. The summed E-state index contributed by atoms with van der Waals surface area (Å²) in [6.07, 6.45) is 10.0. The molecule has 0 spiro atoms.